The molecule has 3 aromatic rings. The molecule has 0 bridgehead atoms. The number of aromatic nitrogens is 3. The van der Waals surface area contributed by atoms with Gasteiger partial charge >= 0.3 is 0 Å². The zero-order valence-electron chi connectivity index (χ0n) is 15.9. The molecule has 8 heteroatoms. The number of nitro groups is 1. The van der Waals surface area contributed by atoms with Gasteiger partial charge in [0.2, 0.25) is 0 Å². The fourth-order valence-corrected chi connectivity index (χ4v) is 2.91. The maximum atomic E-state index is 12.6. The van der Waals surface area contributed by atoms with Crippen LogP contribution < -0.4 is 5.32 Å². The summed E-state index contributed by atoms with van der Waals surface area (Å²) in [5.74, 6) is -0.367. The highest BCUT2D eigenvalue weighted by atomic mass is 16.6. The standard InChI is InChI=1S/C20H21N5O3/c1-14-5-4-6-16(9-14)20(2,3)11-22-19(26)15-7-8-17(18(10-15)25(27)28)24-13-21-12-23-24/h4-10,12-13H,11H2,1-3H3,(H,22,26). The Hall–Kier alpha value is -3.55. The van der Waals surface area contributed by atoms with E-state index in [2.05, 4.69) is 21.5 Å². The van der Waals surface area contributed by atoms with E-state index in [1.807, 2.05) is 39.0 Å². The van der Waals surface area contributed by atoms with Gasteiger partial charge in [0.1, 0.15) is 18.3 Å². The number of aryl methyl sites for hydroxylation is 1. The van der Waals surface area contributed by atoms with Crippen LogP contribution >= 0.6 is 0 Å². The Morgan fingerprint density at radius 1 is 1.25 bits per heavy atom. The number of nitrogens with zero attached hydrogens (tertiary/aromatic N) is 4. The zero-order chi connectivity index (χ0) is 20.3. The molecule has 0 aliphatic rings. The van der Waals surface area contributed by atoms with Crippen LogP contribution in [0.2, 0.25) is 0 Å². The van der Waals surface area contributed by atoms with Crippen molar-refractivity contribution in [3.05, 3.63) is 81.9 Å². The van der Waals surface area contributed by atoms with Crippen LogP contribution in [-0.4, -0.2) is 32.1 Å². The van der Waals surface area contributed by atoms with E-state index in [-0.39, 0.29) is 28.3 Å². The van der Waals surface area contributed by atoms with Gasteiger partial charge in [0.25, 0.3) is 11.6 Å². The molecule has 1 amide bonds. The van der Waals surface area contributed by atoms with Crippen molar-refractivity contribution in [1.82, 2.24) is 20.1 Å². The average molecular weight is 379 g/mol. The monoisotopic (exact) mass is 379 g/mol. The Morgan fingerprint density at radius 3 is 2.68 bits per heavy atom. The Balaban J connectivity index is 1.79. The second kappa shape index (κ2) is 7.59. The lowest BCUT2D eigenvalue weighted by atomic mass is 9.84. The number of carbonyl (C=O) groups is 1. The van der Waals surface area contributed by atoms with Crippen LogP contribution in [0.25, 0.3) is 5.69 Å². The van der Waals surface area contributed by atoms with E-state index in [9.17, 15) is 14.9 Å². The molecule has 0 atom stereocenters. The first-order valence-electron chi connectivity index (χ1n) is 8.77. The predicted octanol–water partition coefficient (Wildman–Crippen LogP) is 3.19. The van der Waals surface area contributed by atoms with Gasteiger partial charge in [-0.2, -0.15) is 5.10 Å². The van der Waals surface area contributed by atoms with Crippen molar-refractivity contribution in [3.8, 4) is 5.69 Å². The number of rotatable bonds is 6. The van der Waals surface area contributed by atoms with Crippen molar-refractivity contribution in [2.45, 2.75) is 26.2 Å². The third-order valence-electron chi connectivity index (χ3n) is 4.59. The molecule has 0 aliphatic heterocycles. The van der Waals surface area contributed by atoms with E-state index >= 15 is 0 Å². The van der Waals surface area contributed by atoms with E-state index in [0.717, 1.165) is 11.1 Å². The van der Waals surface area contributed by atoms with Crippen LogP contribution in [0, 0.1) is 17.0 Å². The number of carbonyl (C=O) groups excluding carboxylic acids is 1. The zero-order valence-corrected chi connectivity index (χ0v) is 15.9. The third-order valence-corrected chi connectivity index (χ3v) is 4.59. The first-order chi connectivity index (χ1) is 13.3. The quantitative estimate of drug-likeness (QED) is 0.523. The summed E-state index contributed by atoms with van der Waals surface area (Å²) in [6.45, 7) is 6.50. The van der Waals surface area contributed by atoms with Crippen LogP contribution in [0.4, 0.5) is 5.69 Å². The molecule has 0 fully saturated rings. The summed E-state index contributed by atoms with van der Waals surface area (Å²) in [5, 5.41) is 18.2. The Morgan fingerprint density at radius 2 is 2.04 bits per heavy atom. The minimum atomic E-state index is -0.537. The Kier molecular flexibility index (Phi) is 5.21. The van der Waals surface area contributed by atoms with Gasteiger partial charge in [0.05, 0.1) is 4.92 Å². The summed E-state index contributed by atoms with van der Waals surface area (Å²) in [4.78, 5) is 27.3. The molecule has 0 saturated heterocycles. The topological polar surface area (TPSA) is 103 Å². The largest absolute Gasteiger partial charge is 0.351 e. The van der Waals surface area contributed by atoms with Crippen molar-refractivity contribution in [2.24, 2.45) is 0 Å². The predicted molar refractivity (Wildman–Crippen MR) is 105 cm³/mol. The summed E-state index contributed by atoms with van der Waals surface area (Å²) >= 11 is 0. The number of hydrogen-bond acceptors (Lipinski definition) is 5. The van der Waals surface area contributed by atoms with Crippen molar-refractivity contribution in [3.63, 3.8) is 0 Å². The summed E-state index contributed by atoms with van der Waals surface area (Å²) in [7, 11) is 0. The minimum Gasteiger partial charge on any atom is -0.351 e. The Bertz CT molecular complexity index is 1010. The fourth-order valence-electron chi connectivity index (χ4n) is 2.91. The van der Waals surface area contributed by atoms with Crippen LogP contribution in [-0.2, 0) is 5.41 Å². The number of amides is 1. The molecule has 3 rings (SSSR count). The SMILES string of the molecule is Cc1cccc(C(C)(C)CNC(=O)c2ccc(-n3cncn3)c([N+](=O)[O-])c2)c1. The van der Waals surface area contributed by atoms with Crippen molar-refractivity contribution >= 4 is 11.6 Å². The normalized spacial score (nSPS) is 11.2. The number of nitro benzene ring substituents is 1. The number of hydrogen-bond donors (Lipinski definition) is 1. The van der Waals surface area contributed by atoms with Gasteiger partial charge in [-0.1, -0.05) is 43.7 Å². The van der Waals surface area contributed by atoms with Gasteiger partial charge in [0, 0.05) is 23.6 Å². The lowest BCUT2D eigenvalue weighted by Gasteiger charge is -2.26. The van der Waals surface area contributed by atoms with E-state index in [1.54, 1.807) is 6.07 Å². The van der Waals surface area contributed by atoms with Gasteiger partial charge in [-0.15, -0.1) is 0 Å². The summed E-state index contributed by atoms with van der Waals surface area (Å²) in [6, 6.07) is 12.4. The molecule has 0 aliphatic carbocycles. The van der Waals surface area contributed by atoms with Crippen molar-refractivity contribution in [2.75, 3.05) is 6.54 Å². The van der Waals surface area contributed by atoms with E-state index < -0.39 is 4.92 Å². The summed E-state index contributed by atoms with van der Waals surface area (Å²) < 4.78 is 1.29. The molecule has 2 aromatic carbocycles. The maximum Gasteiger partial charge on any atom is 0.295 e. The highest BCUT2D eigenvalue weighted by Crippen LogP contribution is 2.25. The van der Waals surface area contributed by atoms with E-state index in [0.29, 0.717) is 6.54 Å². The molecular formula is C20H21N5O3. The molecule has 0 saturated carbocycles. The molecular weight excluding hydrogens is 358 g/mol. The molecule has 0 spiro atoms. The molecule has 28 heavy (non-hydrogen) atoms. The molecule has 0 unspecified atom stereocenters. The van der Waals surface area contributed by atoms with Crippen LogP contribution in [0.15, 0.2) is 55.1 Å². The summed E-state index contributed by atoms with van der Waals surface area (Å²) in [6.07, 6.45) is 2.66. The molecule has 8 nitrogen and oxygen atoms in total. The van der Waals surface area contributed by atoms with E-state index in [4.69, 9.17) is 0 Å². The van der Waals surface area contributed by atoms with Crippen LogP contribution in [0.3, 0.4) is 0 Å². The van der Waals surface area contributed by atoms with Gasteiger partial charge in [0.15, 0.2) is 0 Å². The van der Waals surface area contributed by atoms with Gasteiger partial charge < -0.3 is 5.32 Å². The lowest BCUT2D eigenvalue weighted by molar-refractivity contribution is -0.384. The smallest absolute Gasteiger partial charge is 0.295 e. The molecule has 144 valence electrons. The molecule has 1 N–H and O–H groups in total. The molecule has 1 aromatic heterocycles. The molecule has 1 heterocycles. The lowest BCUT2D eigenvalue weighted by Crippen LogP contribution is -2.36. The van der Waals surface area contributed by atoms with E-state index in [1.165, 1.54) is 29.5 Å². The average Bonchev–Trinajstić information content (AvgIpc) is 3.20. The number of benzene rings is 2. The van der Waals surface area contributed by atoms with Crippen molar-refractivity contribution in [1.29, 1.82) is 0 Å². The summed E-state index contributed by atoms with van der Waals surface area (Å²) in [5.41, 5.74) is 2.23. The van der Waals surface area contributed by atoms with Crippen molar-refractivity contribution < 1.29 is 9.72 Å². The minimum absolute atomic E-state index is 0.212. The molecule has 0 radical (unpaired) electrons. The first-order valence-corrected chi connectivity index (χ1v) is 8.77. The second-order valence-electron chi connectivity index (χ2n) is 7.24. The highest BCUT2D eigenvalue weighted by Gasteiger charge is 2.23. The fraction of sp³-hybridized carbons (Fsp3) is 0.250. The van der Waals surface area contributed by atoms with Crippen LogP contribution in [0.5, 0.6) is 0 Å². The van der Waals surface area contributed by atoms with Gasteiger partial charge in [-0.25, -0.2) is 9.67 Å². The van der Waals surface area contributed by atoms with Crippen LogP contribution in [0.1, 0.15) is 35.3 Å². The van der Waals surface area contributed by atoms with Gasteiger partial charge in [-0.3, -0.25) is 14.9 Å². The van der Waals surface area contributed by atoms with Gasteiger partial charge in [-0.05, 0) is 24.6 Å². The Labute approximate surface area is 162 Å². The first kappa shape index (κ1) is 19.2. The number of nitrogens with one attached hydrogen (secondary N) is 1. The second-order valence-corrected chi connectivity index (χ2v) is 7.24. The maximum absolute atomic E-state index is 12.6. The third kappa shape index (κ3) is 4.06. The highest BCUT2D eigenvalue weighted by molar-refractivity contribution is 5.95.